The van der Waals surface area contributed by atoms with E-state index in [1.54, 1.807) is 23.1 Å². The third-order valence-electron chi connectivity index (χ3n) is 6.26. The van der Waals surface area contributed by atoms with Crippen molar-refractivity contribution >= 4 is 29.1 Å². The number of amides is 3. The van der Waals surface area contributed by atoms with Gasteiger partial charge in [-0.15, -0.1) is 0 Å². The van der Waals surface area contributed by atoms with Crippen LogP contribution in [-0.2, 0) is 11.2 Å². The molecule has 0 atom stereocenters. The number of primary amides is 1. The van der Waals surface area contributed by atoms with Gasteiger partial charge in [-0.1, -0.05) is 6.07 Å². The first-order chi connectivity index (χ1) is 16.3. The van der Waals surface area contributed by atoms with E-state index in [-0.39, 0.29) is 35.8 Å². The Hall–Kier alpha value is -4.08. The van der Waals surface area contributed by atoms with Crippen LogP contribution >= 0.6 is 0 Å². The number of carbonyl (C=O) groups excluding carboxylic acids is 3. The van der Waals surface area contributed by atoms with Crippen LogP contribution < -0.4 is 15.5 Å². The number of rotatable bonds is 4. The number of aromatic nitrogens is 2. The maximum atomic E-state index is 14.6. The first-order valence-corrected chi connectivity index (χ1v) is 10.9. The minimum atomic E-state index is -0.929. The van der Waals surface area contributed by atoms with Crippen LogP contribution in [0.5, 0.6) is 0 Å². The van der Waals surface area contributed by atoms with Gasteiger partial charge in [0.15, 0.2) is 17.3 Å². The molecule has 5 rings (SSSR count). The number of para-hydroxylation sites is 1. The predicted octanol–water partition coefficient (Wildman–Crippen LogP) is 2.89. The topological polar surface area (TPSA) is 102 Å². The average Bonchev–Trinajstić information content (AvgIpc) is 3.38. The molecule has 174 valence electrons. The Labute approximate surface area is 193 Å². The summed E-state index contributed by atoms with van der Waals surface area (Å²) >= 11 is 0. The van der Waals surface area contributed by atoms with Crippen molar-refractivity contribution in [3.05, 3.63) is 70.5 Å². The molecule has 1 saturated heterocycles. The molecule has 1 aromatic heterocycles. The number of halogens is 2. The van der Waals surface area contributed by atoms with Gasteiger partial charge in [-0.25, -0.2) is 13.5 Å². The molecule has 10 heteroatoms. The molecule has 34 heavy (non-hydrogen) atoms. The lowest BCUT2D eigenvalue weighted by atomic mass is 10.0. The summed E-state index contributed by atoms with van der Waals surface area (Å²) in [5.41, 5.74) is 7.01. The van der Waals surface area contributed by atoms with Crippen molar-refractivity contribution in [2.75, 3.05) is 22.9 Å². The molecular formula is C24H21F2N5O3. The Kier molecular flexibility index (Phi) is 5.15. The molecule has 0 unspecified atom stereocenters. The van der Waals surface area contributed by atoms with Crippen molar-refractivity contribution < 1.29 is 23.2 Å². The van der Waals surface area contributed by atoms with E-state index in [9.17, 15) is 23.2 Å². The third-order valence-corrected chi connectivity index (χ3v) is 6.26. The van der Waals surface area contributed by atoms with Gasteiger partial charge >= 0.3 is 0 Å². The molecule has 0 aliphatic carbocycles. The Balaban J connectivity index is 1.59. The minimum absolute atomic E-state index is 0.0596. The van der Waals surface area contributed by atoms with E-state index in [1.165, 1.54) is 11.0 Å². The van der Waals surface area contributed by atoms with E-state index >= 15 is 0 Å². The molecule has 3 aromatic rings. The number of hydrogen-bond acceptors (Lipinski definition) is 4. The summed E-state index contributed by atoms with van der Waals surface area (Å²) in [4.78, 5) is 40.9. The van der Waals surface area contributed by atoms with Crippen LogP contribution in [0.15, 0.2) is 36.4 Å². The second-order valence-corrected chi connectivity index (χ2v) is 8.35. The molecule has 2 aromatic carbocycles. The van der Waals surface area contributed by atoms with Crippen molar-refractivity contribution in [2.45, 2.75) is 26.2 Å². The van der Waals surface area contributed by atoms with Gasteiger partial charge in [0.2, 0.25) is 5.91 Å². The van der Waals surface area contributed by atoms with Crippen molar-refractivity contribution in [1.29, 1.82) is 0 Å². The number of fused-ring (bicyclic) bond motifs is 1. The first kappa shape index (κ1) is 21.7. The summed E-state index contributed by atoms with van der Waals surface area (Å²) in [6.07, 6.45) is 1.53. The lowest BCUT2D eigenvalue weighted by Gasteiger charge is -2.29. The highest BCUT2D eigenvalue weighted by molar-refractivity contribution is 6.09. The van der Waals surface area contributed by atoms with E-state index in [1.807, 2.05) is 6.92 Å². The van der Waals surface area contributed by atoms with Gasteiger partial charge in [-0.3, -0.25) is 14.4 Å². The molecule has 0 bridgehead atoms. The van der Waals surface area contributed by atoms with Crippen LogP contribution in [0, 0.1) is 18.6 Å². The van der Waals surface area contributed by atoms with Gasteiger partial charge in [0, 0.05) is 36.4 Å². The van der Waals surface area contributed by atoms with E-state index in [4.69, 9.17) is 5.73 Å². The summed E-state index contributed by atoms with van der Waals surface area (Å²) in [5.74, 6) is -3.25. The Bertz CT molecular complexity index is 1350. The zero-order valence-electron chi connectivity index (χ0n) is 18.3. The van der Waals surface area contributed by atoms with Gasteiger partial charge in [-0.05, 0) is 55.7 Å². The SMILES string of the molecule is Cc1cc(N2CCc3c(C(N)=O)nn(-c4c(F)cccc4F)c3C2=O)ccc1N1CCCC1=O. The van der Waals surface area contributed by atoms with Crippen LogP contribution in [-0.4, -0.2) is 40.6 Å². The summed E-state index contributed by atoms with van der Waals surface area (Å²) in [5, 5.41) is 4.02. The third kappa shape index (κ3) is 3.33. The quantitative estimate of drug-likeness (QED) is 0.640. The highest BCUT2D eigenvalue weighted by Crippen LogP contribution is 2.33. The molecule has 0 radical (unpaired) electrons. The number of anilines is 2. The van der Waals surface area contributed by atoms with Crippen molar-refractivity contribution in [2.24, 2.45) is 5.73 Å². The van der Waals surface area contributed by atoms with E-state index in [2.05, 4.69) is 5.10 Å². The second-order valence-electron chi connectivity index (χ2n) is 8.35. The van der Waals surface area contributed by atoms with Gasteiger partial charge in [0.25, 0.3) is 11.8 Å². The van der Waals surface area contributed by atoms with Gasteiger partial charge in [-0.2, -0.15) is 5.10 Å². The zero-order chi connectivity index (χ0) is 24.1. The number of hydrogen-bond donors (Lipinski definition) is 1. The number of carbonyl (C=O) groups is 3. The maximum absolute atomic E-state index is 14.6. The van der Waals surface area contributed by atoms with Crippen molar-refractivity contribution in [3.8, 4) is 5.69 Å². The molecule has 1 fully saturated rings. The zero-order valence-corrected chi connectivity index (χ0v) is 18.3. The summed E-state index contributed by atoms with van der Waals surface area (Å²) in [7, 11) is 0. The molecule has 0 spiro atoms. The molecule has 0 saturated carbocycles. The molecule has 2 aliphatic rings. The Morgan fingerprint density at radius 1 is 1.03 bits per heavy atom. The maximum Gasteiger partial charge on any atom is 0.277 e. The van der Waals surface area contributed by atoms with E-state index < -0.39 is 29.1 Å². The minimum Gasteiger partial charge on any atom is -0.364 e. The average molecular weight is 465 g/mol. The van der Waals surface area contributed by atoms with Gasteiger partial charge < -0.3 is 15.5 Å². The van der Waals surface area contributed by atoms with Gasteiger partial charge in [0.1, 0.15) is 11.4 Å². The summed E-state index contributed by atoms with van der Waals surface area (Å²) in [6, 6.07) is 8.61. The molecule has 3 amide bonds. The number of nitrogens with two attached hydrogens (primary N) is 1. The molecule has 2 aliphatic heterocycles. The molecular weight excluding hydrogens is 444 g/mol. The van der Waals surface area contributed by atoms with E-state index in [0.717, 1.165) is 34.5 Å². The highest BCUT2D eigenvalue weighted by Gasteiger charge is 2.36. The number of nitrogens with zero attached hydrogens (tertiary/aromatic N) is 4. The van der Waals surface area contributed by atoms with Crippen molar-refractivity contribution in [1.82, 2.24) is 9.78 Å². The van der Waals surface area contributed by atoms with Crippen LogP contribution in [0.25, 0.3) is 5.69 Å². The Morgan fingerprint density at radius 2 is 1.76 bits per heavy atom. The van der Waals surface area contributed by atoms with E-state index in [0.29, 0.717) is 18.7 Å². The monoisotopic (exact) mass is 465 g/mol. The fourth-order valence-corrected chi connectivity index (χ4v) is 4.67. The van der Waals surface area contributed by atoms with Crippen LogP contribution in [0.3, 0.4) is 0 Å². The summed E-state index contributed by atoms with van der Waals surface area (Å²) < 4.78 is 30.0. The van der Waals surface area contributed by atoms with Crippen LogP contribution in [0.1, 0.15) is 44.9 Å². The number of aryl methyl sites for hydroxylation is 1. The lowest BCUT2D eigenvalue weighted by Crippen LogP contribution is -2.39. The normalized spacial score (nSPS) is 15.7. The van der Waals surface area contributed by atoms with Crippen LogP contribution in [0.4, 0.5) is 20.2 Å². The molecule has 3 heterocycles. The highest BCUT2D eigenvalue weighted by atomic mass is 19.1. The number of benzene rings is 2. The van der Waals surface area contributed by atoms with Crippen LogP contribution in [0.2, 0.25) is 0 Å². The standard InChI is InChI=1S/C24H21F2N5O3/c1-13-12-14(7-8-18(13)30-10-3-6-19(30)32)29-11-9-15-20(23(27)33)28-31(21(15)24(29)34)22-16(25)4-2-5-17(22)26/h2,4-5,7-8,12H,3,6,9-11H2,1H3,(H2,27,33). The molecule has 8 nitrogen and oxygen atoms in total. The smallest absolute Gasteiger partial charge is 0.277 e. The second kappa shape index (κ2) is 8.05. The fraction of sp³-hybridized carbons (Fsp3) is 0.250. The largest absolute Gasteiger partial charge is 0.364 e. The fourth-order valence-electron chi connectivity index (χ4n) is 4.67. The van der Waals surface area contributed by atoms with Crippen molar-refractivity contribution in [3.63, 3.8) is 0 Å². The Morgan fingerprint density at radius 3 is 2.38 bits per heavy atom. The summed E-state index contributed by atoms with van der Waals surface area (Å²) in [6.45, 7) is 2.72. The predicted molar refractivity (Wildman–Crippen MR) is 120 cm³/mol. The van der Waals surface area contributed by atoms with Gasteiger partial charge in [0.05, 0.1) is 0 Å². The lowest BCUT2D eigenvalue weighted by molar-refractivity contribution is -0.117. The molecule has 2 N–H and O–H groups in total. The first-order valence-electron chi connectivity index (χ1n) is 10.9.